The molecular formula is C12H19N3O2S. The van der Waals surface area contributed by atoms with Gasteiger partial charge in [-0.25, -0.2) is 13.4 Å². The van der Waals surface area contributed by atoms with Crippen molar-refractivity contribution in [3.05, 3.63) is 17.7 Å². The molecule has 0 amide bonds. The molecule has 1 aromatic rings. The molecule has 2 aliphatic heterocycles. The van der Waals surface area contributed by atoms with Gasteiger partial charge in [0.15, 0.2) is 0 Å². The van der Waals surface area contributed by atoms with Gasteiger partial charge in [0.2, 0.25) is 0 Å². The predicted molar refractivity (Wildman–Crippen MR) is 69.2 cm³/mol. The number of fused-ring (bicyclic) bond motifs is 1. The van der Waals surface area contributed by atoms with E-state index in [-0.39, 0.29) is 12.0 Å². The summed E-state index contributed by atoms with van der Waals surface area (Å²) in [6, 6.07) is 0.206. The summed E-state index contributed by atoms with van der Waals surface area (Å²) in [6.07, 6.45) is 5.34. The first-order chi connectivity index (χ1) is 8.55. The lowest BCUT2D eigenvalue weighted by Gasteiger charge is -2.27. The fourth-order valence-electron chi connectivity index (χ4n) is 2.97. The molecule has 3 rings (SSSR count). The number of aromatic nitrogens is 2. The zero-order valence-corrected chi connectivity index (χ0v) is 11.2. The van der Waals surface area contributed by atoms with Gasteiger partial charge in [0.1, 0.15) is 15.7 Å². The second kappa shape index (κ2) is 4.35. The zero-order chi connectivity index (χ0) is 12.8. The number of rotatable bonds is 1. The van der Waals surface area contributed by atoms with Crippen LogP contribution in [0.5, 0.6) is 0 Å². The highest BCUT2D eigenvalue weighted by Crippen LogP contribution is 2.30. The van der Waals surface area contributed by atoms with Crippen molar-refractivity contribution in [3.8, 4) is 0 Å². The Morgan fingerprint density at radius 1 is 1.28 bits per heavy atom. The van der Waals surface area contributed by atoms with Crippen LogP contribution in [0.2, 0.25) is 0 Å². The van der Waals surface area contributed by atoms with Crippen molar-refractivity contribution < 1.29 is 8.42 Å². The van der Waals surface area contributed by atoms with E-state index in [0.717, 1.165) is 25.2 Å². The Hall–Kier alpha value is -0.880. The zero-order valence-electron chi connectivity index (χ0n) is 10.4. The van der Waals surface area contributed by atoms with E-state index in [1.807, 2.05) is 6.20 Å². The van der Waals surface area contributed by atoms with E-state index >= 15 is 0 Å². The minimum absolute atomic E-state index is 0.206. The Morgan fingerprint density at radius 3 is 2.72 bits per heavy atom. The van der Waals surface area contributed by atoms with Gasteiger partial charge >= 0.3 is 0 Å². The molecule has 18 heavy (non-hydrogen) atoms. The summed E-state index contributed by atoms with van der Waals surface area (Å²) in [5.41, 5.74) is 7.26. The number of nitrogens with two attached hydrogens (primary N) is 1. The van der Waals surface area contributed by atoms with Gasteiger partial charge in [-0.15, -0.1) is 0 Å². The van der Waals surface area contributed by atoms with Crippen LogP contribution in [-0.2, 0) is 22.8 Å². The topological polar surface area (TPSA) is 78.0 Å². The van der Waals surface area contributed by atoms with Crippen LogP contribution in [0.4, 0.5) is 0 Å². The Morgan fingerprint density at radius 2 is 2.00 bits per heavy atom. The Labute approximate surface area is 107 Å². The normalized spacial score (nSPS) is 27.9. The van der Waals surface area contributed by atoms with Crippen LogP contribution in [0.25, 0.3) is 0 Å². The number of imidazole rings is 1. The molecule has 1 unspecified atom stereocenters. The Balaban J connectivity index is 1.84. The molecule has 3 heterocycles. The highest BCUT2D eigenvalue weighted by molar-refractivity contribution is 7.91. The standard InChI is InChI=1S/C12H19N3O2S/c13-10-1-2-11-7-14-12(15(11)8-10)9-3-5-18(16,17)6-4-9/h7,9-10H,1-6,8,13H2. The largest absolute Gasteiger partial charge is 0.330 e. The number of hydrogen-bond donors (Lipinski definition) is 1. The van der Waals surface area contributed by atoms with Gasteiger partial charge in [0.25, 0.3) is 0 Å². The third kappa shape index (κ3) is 2.19. The van der Waals surface area contributed by atoms with Crippen molar-refractivity contribution in [1.82, 2.24) is 9.55 Å². The van der Waals surface area contributed by atoms with E-state index in [1.165, 1.54) is 5.69 Å². The lowest BCUT2D eigenvalue weighted by molar-refractivity contribution is 0.428. The summed E-state index contributed by atoms with van der Waals surface area (Å²) in [5.74, 6) is 1.93. The molecule has 1 fully saturated rings. The van der Waals surface area contributed by atoms with Crippen LogP contribution >= 0.6 is 0 Å². The summed E-state index contributed by atoms with van der Waals surface area (Å²) in [7, 11) is -2.80. The summed E-state index contributed by atoms with van der Waals surface area (Å²) < 4.78 is 25.1. The highest BCUT2D eigenvalue weighted by Gasteiger charge is 2.29. The molecule has 2 N–H and O–H groups in total. The molecule has 0 saturated carbocycles. The monoisotopic (exact) mass is 269 g/mol. The minimum Gasteiger partial charge on any atom is -0.330 e. The van der Waals surface area contributed by atoms with Crippen LogP contribution in [0.3, 0.4) is 0 Å². The third-order valence-corrected chi connectivity index (χ3v) is 5.79. The third-order valence-electron chi connectivity index (χ3n) is 4.08. The first kappa shape index (κ1) is 12.2. The second-order valence-corrected chi connectivity index (χ2v) is 7.75. The predicted octanol–water partition coefficient (Wildman–Crippen LogP) is 0.449. The van der Waals surface area contributed by atoms with Crippen molar-refractivity contribution in [2.75, 3.05) is 11.5 Å². The quantitative estimate of drug-likeness (QED) is 0.803. The lowest BCUT2D eigenvalue weighted by atomic mass is 10.0. The molecule has 0 aliphatic carbocycles. The van der Waals surface area contributed by atoms with E-state index in [4.69, 9.17) is 5.73 Å². The van der Waals surface area contributed by atoms with Crippen molar-refractivity contribution in [2.45, 2.75) is 44.2 Å². The van der Waals surface area contributed by atoms with Crippen molar-refractivity contribution in [1.29, 1.82) is 0 Å². The van der Waals surface area contributed by atoms with Crippen LogP contribution in [-0.4, -0.2) is 35.5 Å². The van der Waals surface area contributed by atoms with E-state index in [9.17, 15) is 8.42 Å². The van der Waals surface area contributed by atoms with Gasteiger partial charge in [-0.05, 0) is 25.7 Å². The lowest BCUT2D eigenvalue weighted by Crippen LogP contribution is -2.33. The van der Waals surface area contributed by atoms with E-state index in [0.29, 0.717) is 24.3 Å². The van der Waals surface area contributed by atoms with Crippen molar-refractivity contribution >= 4 is 9.84 Å². The van der Waals surface area contributed by atoms with Crippen LogP contribution in [0.1, 0.15) is 36.7 Å². The highest BCUT2D eigenvalue weighted by atomic mass is 32.2. The SMILES string of the molecule is NC1CCc2cnc(C3CCS(=O)(=O)CC3)n2C1. The summed E-state index contributed by atoms with van der Waals surface area (Å²) >= 11 is 0. The number of nitrogens with zero attached hydrogens (tertiary/aromatic N) is 2. The van der Waals surface area contributed by atoms with Gasteiger partial charge in [0, 0.05) is 30.4 Å². The molecule has 6 heteroatoms. The molecule has 2 aliphatic rings. The maximum absolute atomic E-state index is 11.5. The molecular weight excluding hydrogens is 250 g/mol. The molecule has 1 atom stereocenters. The first-order valence-electron chi connectivity index (χ1n) is 6.55. The smallest absolute Gasteiger partial charge is 0.150 e. The number of hydrogen-bond acceptors (Lipinski definition) is 4. The van der Waals surface area contributed by atoms with Crippen LogP contribution in [0.15, 0.2) is 6.20 Å². The number of aryl methyl sites for hydroxylation is 1. The van der Waals surface area contributed by atoms with Gasteiger partial charge in [-0.1, -0.05) is 0 Å². The van der Waals surface area contributed by atoms with E-state index in [1.54, 1.807) is 0 Å². The molecule has 100 valence electrons. The van der Waals surface area contributed by atoms with Crippen molar-refractivity contribution in [2.24, 2.45) is 5.73 Å². The van der Waals surface area contributed by atoms with Gasteiger partial charge in [-0.2, -0.15) is 0 Å². The Kier molecular flexibility index (Phi) is 2.94. The van der Waals surface area contributed by atoms with Crippen LogP contribution < -0.4 is 5.73 Å². The van der Waals surface area contributed by atoms with Gasteiger partial charge < -0.3 is 10.3 Å². The molecule has 0 spiro atoms. The fourth-order valence-corrected chi connectivity index (χ4v) is 4.46. The molecule has 0 aromatic carbocycles. The average molecular weight is 269 g/mol. The maximum Gasteiger partial charge on any atom is 0.150 e. The fraction of sp³-hybridized carbons (Fsp3) is 0.750. The average Bonchev–Trinajstić information content (AvgIpc) is 2.72. The molecule has 1 aromatic heterocycles. The first-order valence-corrected chi connectivity index (χ1v) is 8.37. The second-order valence-electron chi connectivity index (χ2n) is 5.44. The Bertz CT molecular complexity index is 536. The van der Waals surface area contributed by atoms with Crippen LogP contribution in [0, 0.1) is 0 Å². The summed E-state index contributed by atoms with van der Waals surface area (Å²) in [6.45, 7) is 0.827. The number of sulfone groups is 1. The minimum atomic E-state index is -2.80. The molecule has 0 bridgehead atoms. The summed E-state index contributed by atoms with van der Waals surface area (Å²) in [5, 5.41) is 0. The molecule has 0 radical (unpaired) electrons. The summed E-state index contributed by atoms with van der Waals surface area (Å²) in [4.78, 5) is 4.52. The van der Waals surface area contributed by atoms with E-state index in [2.05, 4.69) is 9.55 Å². The van der Waals surface area contributed by atoms with Crippen molar-refractivity contribution in [3.63, 3.8) is 0 Å². The van der Waals surface area contributed by atoms with Gasteiger partial charge in [0.05, 0.1) is 11.5 Å². The molecule has 1 saturated heterocycles. The maximum atomic E-state index is 11.5. The van der Waals surface area contributed by atoms with E-state index < -0.39 is 9.84 Å². The van der Waals surface area contributed by atoms with Gasteiger partial charge in [-0.3, -0.25) is 0 Å². The molecule has 5 nitrogen and oxygen atoms in total.